The van der Waals surface area contributed by atoms with Crippen molar-refractivity contribution in [3.63, 3.8) is 0 Å². The van der Waals surface area contributed by atoms with Crippen molar-refractivity contribution in [3.05, 3.63) is 29.8 Å². The van der Waals surface area contributed by atoms with Gasteiger partial charge < -0.3 is 10.1 Å². The second-order valence-electron chi connectivity index (χ2n) is 6.85. The van der Waals surface area contributed by atoms with E-state index < -0.39 is 17.9 Å². The van der Waals surface area contributed by atoms with E-state index in [2.05, 4.69) is 16.2 Å². The Labute approximate surface area is 153 Å². The molecule has 3 N–H and O–H groups in total. The molecular weight excluding hydrogens is 334 g/mol. The van der Waals surface area contributed by atoms with Crippen LogP contribution in [0.2, 0.25) is 0 Å². The van der Waals surface area contributed by atoms with Crippen LogP contribution in [-0.4, -0.2) is 29.9 Å². The quantitative estimate of drug-likeness (QED) is 0.675. The van der Waals surface area contributed by atoms with Crippen molar-refractivity contribution in [2.24, 2.45) is 5.92 Å². The maximum atomic E-state index is 12.1. The van der Waals surface area contributed by atoms with E-state index in [0.717, 1.165) is 25.7 Å². The zero-order chi connectivity index (χ0) is 19.1. The molecule has 0 aromatic heterocycles. The van der Waals surface area contributed by atoms with E-state index in [4.69, 9.17) is 4.74 Å². The standard InChI is InChI=1S/C19H27N3O4/c1-12(2)26-16-10-8-15(9-11-16)19(25)22-21-17(23)13(3)20-18(24)14-6-4-5-7-14/h8-14H,4-7H2,1-3H3,(H,20,24)(H,21,23)(H,22,25). The first-order valence-corrected chi connectivity index (χ1v) is 9.04. The fraction of sp³-hybridized carbons (Fsp3) is 0.526. The van der Waals surface area contributed by atoms with Crippen LogP contribution in [0.4, 0.5) is 0 Å². The van der Waals surface area contributed by atoms with Crippen molar-refractivity contribution in [1.29, 1.82) is 0 Å². The van der Waals surface area contributed by atoms with E-state index in [-0.39, 0.29) is 17.9 Å². The monoisotopic (exact) mass is 361 g/mol. The van der Waals surface area contributed by atoms with Gasteiger partial charge in [0.25, 0.3) is 11.8 Å². The molecular formula is C19H27N3O4. The first kappa shape index (κ1) is 19.8. The summed E-state index contributed by atoms with van der Waals surface area (Å²) in [5, 5.41) is 2.69. The molecule has 0 aliphatic heterocycles. The molecule has 1 saturated carbocycles. The number of amides is 3. The number of carbonyl (C=O) groups excluding carboxylic acids is 3. The molecule has 1 aromatic rings. The molecule has 1 aromatic carbocycles. The highest BCUT2D eigenvalue weighted by Gasteiger charge is 2.25. The Hall–Kier alpha value is -2.57. The van der Waals surface area contributed by atoms with Crippen molar-refractivity contribution in [2.45, 2.75) is 58.6 Å². The van der Waals surface area contributed by atoms with E-state index >= 15 is 0 Å². The van der Waals surface area contributed by atoms with Crippen LogP contribution < -0.4 is 20.9 Å². The van der Waals surface area contributed by atoms with Gasteiger partial charge >= 0.3 is 0 Å². The zero-order valence-electron chi connectivity index (χ0n) is 15.5. The van der Waals surface area contributed by atoms with Crippen LogP contribution in [0, 0.1) is 5.92 Å². The second kappa shape index (κ2) is 9.22. The molecule has 1 aliphatic rings. The van der Waals surface area contributed by atoms with E-state index in [1.54, 1.807) is 31.2 Å². The molecule has 0 bridgehead atoms. The van der Waals surface area contributed by atoms with E-state index in [0.29, 0.717) is 11.3 Å². The molecule has 0 heterocycles. The minimum absolute atomic E-state index is 0.00795. The Morgan fingerprint density at radius 2 is 1.62 bits per heavy atom. The first-order valence-electron chi connectivity index (χ1n) is 9.04. The second-order valence-corrected chi connectivity index (χ2v) is 6.85. The first-order chi connectivity index (χ1) is 12.4. The lowest BCUT2D eigenvalue weighted by molar-refractivity contribution is -0.131. The molecule has 2 rings (SSSR count). The Morgan fingerprint density at radius 1 is 1.00 bits per heavy atom. The molecule has 3 amide bonds. The molecule has 0 radical (unpaired) electrons. The average Bonchev–Trinajstić information content (AvgIpc) is 3.14. The summed E-state index contributed by atoms with van der Waals surface area (Å²) in [6.45, 7) is 5.43. The van der Waals surface area contributed by atoms with Crippen LogP contribution in [0.3, 0.4) is 0 Å². The summed E-state index contributed by atoms with van der Waals surface area (Å²) in [4.78, 5) is 36.2. The van der Waals surface area contributed by atoms with Gasteiger partial charge in [-0.3, -0.25) is 25.2 Å². The normalized spacial score (nSPS) is 15.4. The van der Waals surface area contributed by atoms with Gasteiger partial charge in [-0.15, -0.1) is 0 Å². The third kappa shape index (κ3) is 5.75. The highest BCUT2D eigenvalue weighted by atomic mass is 16.5. The summed E-state index contributed by atoms with van der Waals surface area (Å²) in [5.74, 6) is -0.347. The van der Waals surface area contributed by atoms with Crippen LogP contribution in [0.5, 0.6) is 5.75 Å². The molecule has 1 unspecified atom stereocenters. The minimum atomic E-state index is -0.717. The maximum Gasteiger partial charge on any atom is 0.269 e. The number of benzene rings is 1. The number of hydrogen-bond acceptors (Lipinski definition) is 4. The molecule has 142 valence electrons. The molecule has 1 fully saturated rings. The molecule has 7 nitrogen and oxygen atoms in total. The Kier molecular flexibility index (Phi) is 7.00. The number of nitrogens with one attached hydrogen (secondary N) is 3. The van der Waals surface area contributed by atoms with E-state index in [9.17, 15) is 14.4 Å². The van der Waals surface area contributed by atoms with Gasteiger partial charge in [0.15, 0.2) is 0 Å². The van der Waals surface area contributed by atoms with Crippen molar-refractivity contribution < 1.29 is 19.1 Å². The fourth-order valence-corrected chi connectivity index (χ4v) is 2.84. The third-order valence-electron chi connectivity index (χ3n) is 4.27. The summed E-state index contributed by atoms with van der Waals surface area (Å²) in [5.41, 5.74) is 5.08. The zero-order valence-corrected chi connectivity index (χ0v) is 15.5. The summed E-state index contributed by atoms with van der Waals surface area (Å²) in [6.07, 6.45) is 3.89. The lowest BCUT2D eigenvalue weighted by Crippen LogP contribution is -2.51. The molecule has 1 atom stereocenters. The van der Waals surface area contributed by atoms with Gasteiger partial charge in [-0.05, 0) is 57.9 Å². The number of carbonyl (C=O) groups is 3. The van der Waals surface area contributed by atoms with Crippen LogP contribution >= 0.6 is 0 Å². The summed E-state index contributed by atoms with van der Waals surface area (Å²) >= 11 is 0. The number of hydrogen-bond donors (Lipinski definition) is 3. The molecule has 26 heavy (non-hydrogen) atoms. The van der Waals surface area contributed by atoms with Crippen LogP contribution in [-0.2, 0) is 9.59 Å². The molecule has 1 aliphatic carbocycles. The maximum absolute atomic E-state index is 12.1. The highest BCUT2D eigenvalue weighted by molar-refractivity contribution is 5.96. The topological polar surface area (TPSA) is 96.5 Å². The van der Waals surface area contributed by atoms with Crippen molar-refractivity contribution in [1.82, 2.24) is 16.2 Å². The predicted molar refractivity (Wildman–Crippen MR) is 97.4 cm³/mol. The Morgan fingerprint density at radius 3 is 2.19 bits per heavy atom. The van der Waals surface area contributed by atoms with Crippen LogP contribution in [0.1, 0.15) is 56.8 Å². The van der Waals surface area contributed by atoms with Crippen LogP contribution in [0.25, 0.3) is 0 Å². The van der Waals surface area contributed by atoms with Gasteiger partial charge in [-0.1, -0.05) is 12.8 Å². The SMILES string of the molecule is CC(C)Oc1ccc(C(=O)NNC(=O)C(C)NC(=O)C2CCCC2)cc1. The largest absolute Gasteiger partial charge is 0.491 e. The molecule has 0 spiro atoms. The fourth-order valence-electron chi connectivity index (χ4n) is 2.84. The molecule has 0 saturated heterocycles. The van der Waals surface area contributed by atoms with Gasteiger partial charge in [-0.2, -0.15) is 0 Å². The van der Waals surface area contributed by atoms with Crippen molar-refractivity contribution in [3.8, 4) is 5.75 Å². The summed E-state index contributed by atoms with van der Waals surface area (Å²) in [6, 6.07) is 5.90. The molecule has 7 heteroatoms. The predicted octanol–water partition coefficient (Wildman–Crippen LogP) is 1.93. The number of rotatable bonds is 6. The third-order valence-corrected chi connectivity index (χ3v) is 4.27. The average molecular weight is 361 g/mol. The highest BCUT2D eigenvalue weighted by Crippen LogP contribution is 2.24. The van der Waals surface area contributed by atoms with Gasteiger partial charge in [0.2, 0.25) is 5.91 Å². The van der Waals surface area contributed by atoms with E-state index in [1.165, 1.54) is 0 Å². The van der Waals surface area contributed by atoms with Crippen molar-refractivity contribution >= 4 is 17.7 Å². The smallest absolute Gasteiger partial charge is 0.269 e. The number of hydrazine groups is 1. The van der Waals surface area contributed by atoms with Gasteiger partial charge in [0, 0.05) is 11.5 Å². The lowest BCUT2D eigenvalue weighted by atomic mass is 10.1. The summed E-state index contributed by atoms with van der Waals surface area (Å²) in [7, 11) is 0. The van der Waals surface area contributed by atoms with Crippen molar-refractivity contribution in [2.75, 3.05) is 0 Å². The van der Waals surface area contributed by atoms with Gasteiger partial charge in [-0.25, -0.2) is 0 Å². The van der Waals surface area contributed by atoms with Gasteiger partial charge in [0.05, 0.1) is 6.10 Å². The minimum Gasteiger partial charge on any atom is -0.491 e. The lowest BCUT2D eigenvalue weighted by Gasteiger charge is -2.17. The number of ether oxygens (including phenoxy) is 1. The van der Waals surface area contributed by atoms with Crippen LogP contribution in [0.15, 0.2) is 24.3 Å². The summed E-state index contributed by atoms with van der Waals surface area (Å²) < 4.78 is 5.52. The Balaban J connectivity index is 1.78. The van der Waals surface area contributed by atoms with E-state index in [1.807, 2.05) is 13.8 Å². The van der Waals surface area contributed by atoms with Gasteiger partial charge in [0.1, 0.15) is 11.8 Å². The Bertz CT molecular complexity index is 637.